The quantitative estimate of drug-likeness (QED) is 0.755. The second kappa shape index (κ2) is 4.81. The molecule has 2 fully saturated rings. The van der Waals surface area contributed by atoms with Crippen molar-refractivity contribution < 1.29 is 4.74 Å². The van der Waals surface area contributed by atoms with Crippen LogP contribution in [0, 0.1) is 5.41 Å². The molecule has 2 saturated heterocycles. The molecule has 0 saturated carbocycles. The maximum absolute atomic E-state index is 5.72. The van der Waals surface area contributed by atoms with Crippen LogP contribution in [0.5, 0.6) is 0 Å². The molecule has 15 heavy (non-hydrogen) atoms. The van der Waals surface area contributed by atoms with E-state index >= 15 is 0 Å². The molecule has 0 aromatic heterocycles. The van der Waals surface area contributed by atoms with E-state index in [4.69, 9.17) is 4.74 Å². The van der Waals surface area contributed by atoms with Crippen molar-refractivity contribution in [3.05, 3.63) is 0 Å². The summed E-state index contributed by atoms with van der Waals surface area (Å²) in [6.07, 6.45) is 3.07. The fraction of sp³-hybridized carbons (Fsp3) is 1.00. The van der Waals surface area contributed by atoms with Gasteiger partial charge in [-0.3, -0.25) is 4.90 Å². The number of likely N-dealkylation sites (tertiary alicyclic amines) is 1. The van der Waals surface area contributed by atoms with Gasteiger partial charge in [0.2, 0.25) is 0 Å². The van der Waals surface area contributed by atoms with E-state index in [9.17, 15) is 0 Å². The van der Waals surface area contributed by atoms with Crippen LogP contribution in [0.3, 0.4) is 0 Å². The molecule has 2 aliphatic heterocycles. The molecule has 1 unspecified atom stereocenters. The van der Waals surface area contributed by atoms with E-state index in [1.807, 2.05) is 0 Å². The normalized spacial score (nSPS) is 31.2. The lowest BCUT2D eigenvalue weighted by molar-refractivity contribution is -0.0586. The zero-order valence-electron chi connectivity index (χ0n) is 10.1. The maximum atomic E-state index is 5.72. The SMILES string of the molecule is CCC1(CC)CN(CC2CNCCO2)C1. The summed E-state index contributed by atoms with van der Waals surface area (Å²) in [5.74, 6) is 0. The summed E-state index contributed by atoms with van der Waals surface area (Å²) in [6, 6.07) is 0. The van der Waals surface area contributed by atoms with Gasteiger partial charge in [0, 0.05) is 32.7 Å². The Morgan fingerprint density at radius 2 is 2.07 bits per heavy atom. The number of nitrogens with one attached hydrogen (secondary N) is 1. The van der Waals surface area contributed by atoms with Crippen LogP contribution in [0.25, 0.3) is 0 Å². The molecule has 1 atom stereocenters. The summed E-state index contributed by atoms with van der Waals surface area (Å²) in [5, 5.41) is 3.39. The Labute approximate surface area is 93.2 Å². The zero-order chi connectivity index (χ0) is 10.7. The van der Waals surface area contributed by atoms with E-state index < -0.39 is 0 Å². The first-order valence-corrected chi connectivity index (χ1v) is 6.33. The van der Waals surface area contributed by atoms with E-state index in [1.165, 1.54) is 25.9 Å². The Morgan fingerprint density at radius 3 is 2.60 bits per heavy atom. The fourth-order valence-corrected chi connectivity index (χ4v) is 2.75. The molecule has 0 bridgehead atoms. The van der Waals surface area contributed by atoms with E-state index in [2.05, 4.69) is 24.1 Å². The van der Waals surface area contributed by atoms with Gasteiger partial charge in [-0.25, -0.2) is 0 Å². The highest BCUT2D eigenvalue weighted by atomic mass is 16.5. The average molecular weight is 212 g/mol. The molecule has 2 heterocycles. The number of hydrogen-bond acceptors (Lipinski definition) is 3. The number of morpholine rings is 1. The third kappa shape index (κ3) is 2.52. The molecule has 0 aromatic carbocycles. The van der Waals surface area contributed by atoms with E-state index in [0.29, 0.717) is 11.5 Å². The van der Waals surface area contributed by atoms with Crippen molar-refractivity contribution in [3.63, 3.8) is 0 Å². The minimum Gasteiger partial charge on any atom is -0.374 e. The van der Waals surface area contributed by atoms with Crippen molar-refractivity contribution in [2.45, 2.75) is 32.8 Å². The van der Waals surface area contributed by atoms with Crippen LogP contribution in [0.15, 0.2) is 0 Å². The molecule has 0 aromatic rings. The van der Waals surface area contributed by atoms with Crippen molar-refractivity contribution >= 4 is 0 Å². The summed E-state index contributed by atoms with van der Waals surface area (Å²) in [5.41, 5.74) is 0.627. The molecule has 2 rings (SSSR count). The van der Waals surface area contributed by atoms with Crippen molar-refractivity contribution in [3.8, 4) is 0 Å². The molecule has 3 heteroatoms. The van der Waals surface area contributed by atoms with Gasteiger partial charge in [0.05, 0.1) is 12.7 Å². The zero-order valence-corrected chi connectivity index (χ0v) is 10.1. The summed E-state index contributed by atoms with van der Waals surface area (Å²) in [4.78, 5) is 2.55. The molecule has 0 radical (unpaired) electrons. The smallest absolute Gasteiger partial charge is 0.0826 e. The predicted molar refractivity (Wildman–Crippen MR) is 62.1 cm³/mol. The molecule has 0 aliphatic carbocycles. The lowest BCUT2D eigenvalue weighted by atomic mass is 9.75. The van der Waals surface area contributed by atoms with Gasteiger partial charge >= 0.3 is 0 Å². The molecule has 88 valence electrons. The van der Waals surface area contributed by atoms with Crippen LogP contribution in [-0.4, -0.2) is 50.3 Å². The van der Waals surface area contributed by atoms with Gasteiger partial charge in [-0.15, -0.1) is 0 Å². The van der Waals surface area contributed by atoms with Crippen molar-refractivity contribution in [1.82, 2.24) is 10.2 Å². The van der Waals surface area contributed by atoms with Gasteiger partial charge in [-0.2, -0.15) is 0 Å². The average Bonchev–Trinajstić information content (AvgIpc) is 2.24. The first-order valence-electron chi connectivity index (χ1n) is 6.33. The first-order chi connectivity index (χ1) is 7.28. The van der Waals surface area contributed by atoms with Crippen molar-refractivity contribution in [1.29, 1.82) is 0 Å². The summed E-state index contributed by atoms with van der Waals surface area (Å²) < 4.78 is 5.72. The molecular formula is C12H24N2O. The Balaban J connectivity index is 1.70. The monoisotopic (exact) mass is 212 g/mol. The second-order valence-electron chi connectivity index (χ2n) is 5.07. The molecule has 2 aliphatic rings. The Hall–Kier alpha value is -0.120. The lowest BCUT2D eigenvalue weighted by Gasteiger charge is -2.51. The van der Waals surface area contributed by atoms with Crippen LogP contribution in [0.1, 0.15) is 26.7 Å². The summed E-state index contributed by atoms with van der Waals surface area (Å²) in [6.45, 7) is 11.2. The minimum absolute atomic E-state index is 0.422. The molecule has 0 spiro atoms. The Kier molecular flexibility index (Phi) is 3.65. The van der Waals surface area contributed by atoms with E-state index in [-0.39, 0.29) is 0 Å². The van der Waals surface area contributed by atoms with Crippen LogP contribution in [0.2, 0.25) is 0 Å². The van der Waals surface area contributed by atoms with Crippen LogP contribution in [0.4, 0.5) is 0 Å². The number of nitrogens with zero attached hydrogens (tertiary/aromatic N) is 1. The van der Waals surface area contributed by atoms with E-state index in [1.54, 1.807) is 0 Å². The fourth-order valence-electron chi connectivity index (χ4n) is 2.75. The number of rotatable bonds is 4. The highest BCUT2D eigenvalue weighted by Gasteiger charge is 2.40. The van der Waals surface area contributed by atoms with Crippen LogP contribution in [-0.2, 0) is 4.74 Å². The van der Waals surface area contributed by atoms with Crippen molar-refractivity contribution in [2.75, 3.05) is 39.3 Å². The topological polar surface area (TPSA) is 24.5 Å². The third-order valence-electron chi connectivity index (χ3n) is 4.08. The van der Waals surface area contributed by atoms with Crippen molar-refractivity contribution in [2.24, 2.45) is 5.41 Å². The Bertz CT molecular complexity index is 190. The largest absolute Gasteiger partial charge is 0.374 e. The van der Waals surface area contributed by atoms with Gasteiger partial charge in [0.15, 0.2) is 0 Å². The van der Waals surface area contributed by atoms with Crippen LogP contribution >= 0.6 is 0 Å². The third-order valence-corrected chi connectivity index (χ3v) is 4.08. The predicted octanol–water partition coefficient (Wildman–Crippen LogP) is 1.10. The lowest BCUT2D eigenvalue weighted by Crippen LogP contribution is -2.59. The maximum Gasteiger partial charge on any atom is 0.0826 e. The number of hydrogen-bond donors (Lipinski definition) is 1. The Morgan fingerprint density at radius 1 is 1.33 bits per heavy atom. The number of ether oxygens (including phenoxy) is 1. The molecule has 0 amide bonds. The standard InChI is InChI=1S/C12H24N2O/c1-3-12(4-2)9-14(10-12)8-11-7-13-5-6-15-11/h11,13H,3-10H2,1-2H3. The molecule has 3 nitrogen and oxygen atoms in total. The second-order valence-corrected chi connectivity index (χ2v) is 5.07. The van der Waals surface area contributed by atoms with Gasteiger partial charge in [-0.05, 0) is 18.3 Å². The first kappa shape index (κ1) is 11.4. The van der Waals surface area contributed by atoms with Gasteiger partial charge in [0.1, 0.15) is 0 Å². The van der Waals surface area contributed by atoms with Gasteiger partial charge in [0.25, 0.3) is 0 Å². The van der Waals surface area contributed by atoms with Crippen LogP contribution < -0.4 is 5.32 Å². The highest BCUT2D eigenvalue weighted by molar-refractivity contribution is 4.94. The minimum atomic E-state index is 0.422. The molecular weight excluding hydrogens is 188 g/mol. The molecule has 1 N–H and O–H groups in total. The van der Waals surface area contributed by atoms with E-state index in [0.717, 1.165) is 26.2 Å². The summed E-state index contributed by atoms with van der Waals surface area (Å²) in [7, 11) is 0. The van der Waals surface area contributed by atoms with Gasteiger partial charge in [-0.1, -0.05) is 13.8 Å². The van der Waals surface area contributed by atoms with Gasteiger partial charge < -0.3 is 10.1 Å². The highest BCUT2D eigenvalue weighted by Crippen LogP contribution is 2.36. The summed E-state index contributed by atoms with van der Waals surface area (Å²) >= 11 is 0.